The van der Waals surface area contributed by atoms with E-state index in [4.69, 9.17) is 9.47 Å². The van der Waals surface area contributed by atoms with Gasteiger partial charge in [0.15, 0.2) is 0 Å². The Morgan fingerprint density at radius 3 is 2.67 bits per heavy atom. The second kappa shape index (κ2) is 3.35. The smallest absolute Gasteiger partial charge is 0.410 e. The third-order valence-corrected chi connectivity index (χ3v) is 2.46. The molecule has 0 aromatic carbocycles. The molecular formula is C10H17NO4. The number of aliphatic hydroxyl groups excluding tert-OH is 1. The van der Waals surface area contributed by atoms with Gasteiger partial charge >= 0.3 is 6.09 Å². The molecule has 3 atom stereocenters. The molecule has 2 aliphatic heterocycles. The van der Waals surface area contributed by atoms with Crippen LogP contribution in [0, 0.1) is 0 Å². The van der Waals surface area contributed by atoms with Crippen molar-refractivity contribution in [3.8, 4) is 0 Å². The summed E-state index contributed by atoms with van der Waals surface area (Å²) in [5.74, 6) is 0. The molecule has 2 rings (SSSR count). The lowest BCUT2D eigenvalue weighted by molar-refractivity contribution is 0.00909. The number of rotatable bonds is 0. The average molecular weight is 215 g/mol. The number of hydrogen-bond donors (Lipinski definition) is 1. The molecule has 2 aliphatic rings. The van der Waals surface area contributed by atoms with Gasteiger partial charge in [0.05, 0.1) is 13.1 Å². The van der Waals surface area contributed by atoms with Gasteiger partial charge in [0, 0.05) is 0 Å². The SMILES string of the molecule is CC(C)(C)OC(=O)N1C[C@H](O)[C@H]2O[C@@H]2C1. The van der Waals surface area contributed by atoms with Crippen LogP contribution in [-0.2, 0) is 9.47 Å². The van der Waals surface area contributed by atoms with Crippen molar-refractivity contribution in [2.75, 3.05) is 13.1 Å². The molecule has 0 aliphatic carbocycles. The second-order valence-electron chi connectivity index (χ2n) is 5.09. The Labute approximate surface area is 89.0 Å². The number of ether oxygens (including phenoxy) is 2. The molecule has 5 nitrogen and oxygen atoms in total. The zero-order valence-electron chi connectivity index (χ0n) is 9.27. The lowest BCUT2D eigenvalue weighted by Crippen LogP contribution is -2.48. The Morgan fingerprint density at radius 1 is 1.47 bits per heavy atom. The first-order valence-electron chi connectivity index (χ1n) is 5.18. The number of carbonyl (C=O) groups is 1. The van der Waals surface area contributed by atoms with E-state index in [-0.39, 0.29) is 18.3 Å². The Morgan fingerprint density at radius 2 is 2.13 bits per heavy atom. The van der Waals surface area contributed by atoms with E-state index in [1.54, 1.807) is 0 Å². The monoisotopic (exact) mass is 215 g/mol. The fourth-order valence-corrected chi connectivity index (χ4v) is 1.74. The van der Waals surface area contributed by atoms with Crippen molar-refractivity contribution in [3.63, 3.8) is 0 Å². The number of epoxide rings is 1. The Hall–Kier alpha value is -0.810. The van der Waals surface area contributed by atoms with Crippen LogP contribution in [0.1, 0.15) is 20.8 Å². The molecule has 0 unspecified atom stereocenters. The highest BCUT2D eigenvalue weighted by Gasteiger charge is 2.51. The Balaban J connectivity index is 1.90. The highest BCUT2D eigenvalue weighted by Crippen LogP contribution is 2.31. The zero-order chi connectivity index (χ0) is 11.2. The third-order valence-electron chi connectivity index (χ3n) is 2.46. The summed E-state index contributed by atoms with van der Waals surface area (Å²) < 4.78 is 10.4. The second-order valence-corrected chi connectivity index (χ2v) is 5.09. The summed E-state index contributed by atoms with van der Waals surface area (Å²) in [6.45, 7) is 6.29. The van der Waals surface area contributed by atoms with Crippen molar-refractivity contribution in [1.29, 1.82) is 0 Å². The molecule has 0 saturated carbocycles. The summed E-state index contributed by atoms with van der Waals surface area (Å²) in [6.07, 6.45) is -1.02. The highest BCUT2D eigenvalue weighted by molar-refractivity contribution is 5.68. The summed E-state index contributed by atoms with van der Waals surface area (Å²) in [4.78, 5) is 13.2. The molecule has 1 amide bonds. The van der Waals surface area contributed by atoms with Crippen LogP contribution < -0.4 is 0 Å². The van der Waals surface area contributed by atoms with Crippen LogP contribution in [0.5, 0.6) is 0 Å². The van der Waals surface area contributed by atoms with Gasteiger partial charge in [0.2, 0.25) is 0 Å². The maximum Gasteiger partial charge on any atom is 0.410 e. The van der Waals surface area contributed by atoms with Gasteiger partial charge in [-0.05, 0) is 20.8 Å². The molecule has 86 valence electrons. The maximum atomic E-state index is 11.7. The maximum absolute atomic E-state index is 11.7. The summed E-state index contributed by atoms with van der Waals surface area (Å²) in [6, 6.07) is 0. The van der Waals surface area contributed by atoms with Crippen molar-refractivity contribution in [2.45, 2.75) is 44.7 Å². The Bertz CT molecular complexity index is 273. The number of fused-ring (bicyclic) bond motifs is 1. The Kier molecular flexibility index (Phi) is 2.39. The van der Waals surface area contributed by atoms with Crippen LogP contribution in [0.25, 0.3) is 0 Å². The van der Waals surface area contributed by atoms with Crippen LogP contribution in [0.2, 0.25) is 0 Å². The third kappa shape index (κ3) is 2.41. The molecule has 1 N–H and O–H groups in total. The number of hydrogen-bond acceptors (Lipinski definition) is 4. The average Bonchev–Trinajstić information content (AvgIpc) is 2.79. The van der Waals surface area contributed by atoms with E-state index in [9.17, 15) is 9.90 Å². The highest BCUT2D eigenvalue weighted by atomic mass is 16.6. The predicted molar refractivity (Wildman–Crippen MR) is 52.5 cm³/mol. The number of amides is 1. The van der Waals surface area contributed by atoms with E-state index < -0.39 is 11.7 Å². The molecule has 15 heavy (non-hydrogen) atoms. The fraction of sp³-hybridized carbons (Fsp3) is 0.900. The summed E-state index contributed by atoms with van der Waals surface area (Å²) in [5.41, 5.74) is -0.497. The fourth-order valence-electron chi connectivity index (χ4n) is 1.74. The van der Waals surface area contributed by atoms with Crippen LogP contribution in [0.4, 0.5) is 4.79 Å². The van der Waals surface area contributed by atoms with E-state index in [2.05, 4.69) is 0 Å². The quantitative estimate of drug-likeness (QED) is 0.593. The van der Waals surface area contributed by atoms with Gasteiger partial charge in [0.25, 0.3) is 0 Å². The van der Waals surface area contributed by atoms with Gasteiger partial charge in [-0.25, -0.2) is 4.79 Å². The van der Waals surface area contributed by atoms with E-state index in [1.807, 2.05) is 20.8 Å². The van der Waals surface area contributed by atoms with Gasteiger partial charge < -0.3 is 19.5 Å². The van der Waals surface area contributed by atoms with Crippen LogP contribution in [0.15, 0.2) is 0 Å². The number of β-amino-alcohol motifs (C(OH)–C–C–N with tert-alkyl or cyclic N) is 1. The van der Waals surface area contributed by atoms with Crippen LogP contribution in [0.3, 0.4) is 0 Å². The predicted octanol–water partition coefficient (Wildman–Crippen LogP) is 0.365. The van der Waals surface area contributed by atoms with Crippen molar-refractivity contribution < 1.29 is 19.4 Å². The van der Waals surface area contributed by atoms with Gasteiger partial charge in [-0.15, -0.1) is 0 Å². The van der Waals surface area contributed by atoms with E-state index in [1.165, 1.54) is 4.90 Å². The molecular weight excluding hydrogens is 198 g/mol. The topological polar surface area (TPSA) is 62.3 Å². The molecule has 2 fully saturated rings. The minimum absolute atomic E-state index is 0.00117. The number of likely N-dealkylation sites (tertiary alicyclic amines) is 1. The molecule has 0 radical (unpaired) electrons. The van der Waals surface area contributed by atoms with E-state index in [0.29, 0.717) is 13.1 Å². The van der Waals surface area contributed by atoms with Crippen molar-refractivity contribution >= 4 is 6.09 Å². The molecule has 2 heterocycles. The molecule has 0 aromatic heterocycles. The first-order valence-corrected chi connectivity index (χ1v) is 5.18. The number of piperidine rings is 1. The molecule has 5 heteroatoms. The first kappa shape index (κ1) is 10.7. The van der Waals surface area contributed by atoms with E-state index >= 15 is 0 Å². The van der Waals surface area contributed by atoms with Crippen LogP contribution >= 0.6 is 0 Å². The first-order chi connectivity index (χ1) is 6.87. The molecule has 2 saturated heterocycles. The standard InChI is InChI=1S/C10H17NO4/c1-10(2,3)15-9(13)11-4-6(12)8-7(5-11)14-8/h6-8,12H,4-5H2,1-3H3/t6-,7+,8+/m0/s1. The van der Waals surface area contributed by atoms with Gasteiger partial charge in [-0.3, -0.25) is 0 Å². The lowest BCUT2D eigenvalue weighted by atomic mass is 10.1. The molecule has 0 spiro atoms. The largest absolute Gasteiger partial charge is 0.444 e. The summed E-state index contributed by atoms with van der Waals surface area (Å²) >= 11 is 0. The number of aliphatic hydroxyl groups is 1. The lowest BCUT2D eigenvalue weighted by Gasteiger charge is -2.30. The minimum atomic E-state index is -0.573. The van der Waals surface area contributed by atoms with Crippen LogP contribution in [-0.4, -0.2) is 53.1 Å². The molecule has 0 aromatic rings. The van der Waals surface area contributed by atoms with Crippen molar-refractivity contribution in [2.24, 2.45) is 0 Å². The van der Waals surface area contributed by atoms with Crippen molar-refractivity contribution in [1.82, 2.24) is 4.90 Å². The van der Waals surface area contributed by atoms with Gasteiger partial charge in [-0.1, -0.05) is 0 Å². The van der Waals surface area contributed by atoms with E-state index in [0.717, 1.165) is 0 Å². The summed E-state index contributed by atoms with van der Waals surface area (Å²) in [5, 5.41) is 9.56. The normalized spacial score (nSPS) is 34.7. The van der Waals surface area contributed by atoms with Gasteiger partial charge in [0.1, 0.15) is 23.9 Å². The zero-order valence-corrected chi connectivity index (χ0v) is 9.27. The summed E-state index contributed by atoms with van der Waals surface area (Å²) in [7, 11) is 0. The minimum Gasteiger partial charge on any atom is -0.444 e. The van der Waals surface area contributed by atoms with Gasteiger partial charge in [-0.2, -0.15) is 0 Å². The number of nitrogens with zero attached hydrogens (tertiary/aromatic N) is 1. The van der Waals surface area contributed by atoms with Crippen molar-refractivity contribution in [3.05, 3.63) is 0 Å². The number of carbonyl (C=O) groups excluding carboxylic acids is 1. The molecule has 0 bridgehead atoms.